The topological polar surface area (TPSA) is 43.6 Å². The average Bonchev–Trinajstić information content (AvgIpc) is 3.16. The first-order valence-corrected chi connectivity index (χ1v) is 12.5. The summed E-state index contributed by atoms with van der Waals surface area (Å²) in [5, 5.41) is 0. The highest BCUT2D eigenvalue weighted by atomic mass is 32.2. The zero-order valence-electron chi connectivity index (χ0n) is 16.4. The molecule has 152 valence electrons. The number of allylic oxidation sites excluding steroid dienone is 1. The Morgan fingerprint density at radius 2 is 1.77 bits per heavy atom. The van der Waals surface area contributed by atoms with Crippen molar-refractivity contribution in [3.63, 3.8) is 0 Å². The third kappa shape index (κ3) is 3.66. The Bertz CT molecular complexity index is 1270. The van der Waals surface area contributed by atoms with Crippen molar-refractivity contribution < 1.29 is 4.74 Å². The molecule has 1 fully saturated rings. The van der Waals surface area contributed by atoms with Gasteiger partial charge in [0.2, 0.25) is 0 Å². The van der Waals surface area contributed by atoms with Crippen LogP contribution in [0.15, 0.2) is 70.5 Å². The monoisotopic (exact) mass is 452 g/mol. The van der Waals surface area contributed by atoms with E-state index < -0.39 is 0 Å². The molecular formula is C23H20N2O2S3. The third-order valence-corrected chi connectivity index (χ3v) is 9.03. The SMILES string of the molecule is COc1ccc([C@H]2C=C(c3ccccc3)N=c3sc(=C4SCCCS4)c(=O)n32)cc1. The highest BCUT2D eigenvalue weighted by molar-refractivity contribution is 8.30. The molecule has 0 aliphatic carbocycles. The van der Waals surface area contributed by atoms with Gasteiger partial charge in [-0.25, -0.2) is 4.99 Å². The molecular weight excluding hydrogens is 432 g/mol. The van der Waals surface area contributed by atoms with Gasteiger partial charge in [0.1, 0.15) is 10.3 Å². The largest absolute Gasteiger partial charge is 0.497 e. The van der Waals surface area contributed by atoms with E-state index in [0.29, 0.717) is 0 Å². The van der Waals surface area contributed by atoms with Crippen LogP contribution in [0.1, 0.15) is 23.6 Å². The van der Waals surface area contributed by atoms with Crippen LogP contribution in [0.4, 0.5) is 0 Å². The van der Waals surface area contributed by atoms with E-state index in [1.165, 1.54) is 17.8 Å². The Kier molecular flexibility index (Phi) is 5.58. The van der Waals surface area contributed by atoms with Crippen molar-refractivity contribution in [2.24, 2.45) is 4.99 Å². The molecule has 2 aromatic carbocycles. The number of hydrogen-bond acceptors (Lipinski definition) is 6. The molecule has 7 heteroatoms. The van der Waals surface area contributed by atoms with Crippen LogP contribution in [0.3, 0.4) is 0 Å². The maximum absolute atomic E-state index is 13.5. The van der Waals surface area contributed by atoms with E-state index >= 15 is 0 Å². The van der Waals surface area contributed by atoms with Crippen molar-refractivity contribution >= 4 is 44.8 Å². The standard InChI is InChI=1S/C23H20N2O2S3/c1-27-17-10-8-16(9-11-17)19-14-18(15-6-3-2-4-7-15)24-23-25(19)21(26)20(30-23)22-28-12-5-13-29-22/h2-4,6-11,14,19H,5,12-13H2,1H3/t19-/m1/s1. The average molecular weight is 453 g/mol. The van der Waals surface area contributed by atoms with Gasteiger partial charge >= 0.3 is 0 Å². The molecule has 4 nitrogen and oxygen atoms in total. The van der Waals surface area contributed by atoms with Gasteiger partial charge in [-0.05, 0) is 47.3 Å². The number of hydrogen-bond donors (Lipinski definition) is 0. The lowest BCUT2D eigenvalue weighted by Gasteiger charge is -2.20. The smallest absolute Gasteiger partial charge is 0.272 e. The van der Waals surface area contributed by atoms with Crippen LogP contribution in [0.25, 0.3) is 9.93 Å². The summed E-state index contributed by atoms with van der Waals surface area (Å²) in [6, 6.07) is 17.9. The van der Waals surface area contributed by atoms with E-state index in [9.17, 15) is 4.79 Å². The van der Waals surface area contributed by atoms with Gasteiger partial charge in [-0.1, -0.05) is 53.8 Å². The predicted octanol–water partition coefficient (Wildman–Crippen LogP) is 4.12. The second-order valence-electron chi connectivity index (χ2n) is 6.97. The van der Waals surface area contributed by atoms with E-state index in [1.807, 2.05) is 47.0 Å². The molecule has 1 atom stereocenters. The number of aromatic nitrogens is 1. The highest BCUT2D eigenvalue weighted by Gasteiger charge is 2.24. The lowest BCUT2D eigenvalue weighted by molar-refractivity contribution is 0.414. The highest BCUT2D eigenvalue weighted by Crippen LogP contribution is 2.35. The first-order valence-electron chi connectivity index (χ1n) is 9.76. The minimum absolute atomic E-state index is 0.0554. The maximum atomic E-state index is 13.5. The number of thiazole rings is 1. The van der Waals surface area contributed by atoms with Gasteiger partial charge in [0.25, 0.3) is 5.56 Å². The molecule has 0 unspecified atom stereocenters. The molecule has 0 bridgehead atoms. The number of nitrogens with zero attached hydrogens (tertiary/aromatic N) is 2. The molecule has 0 N–H and O–H groups in total. The van der Waals surface area contributed by atoms with Crippen molar-refractivity contribution in [1.82, 2.24) is 4.57 Å². The van der Waals surface area contributed by atoms with Crippen LogP contribution in [-0.2, 0) is 0 Å². The summed E-state index contributed by atoms with van der Waals surface area (Å²) in [6.45, 7) is 0. The number of ether oxygens (including phenoxy) is 1. The first-order chi connectivity index (χ1) is 14.7. The first kappa shape index (κ1) is 19.7. The molecule has 2 aliphatic heterocycles. The van der Waals surface area contributed by atoms with Crippen LogP contribution in [0.2, 0.25) is 0 Å². The number of fused-ring (bicyclic) bond motifs is 1. The van der Waals surface area contributed by atoms with Crippen LogP contribution in [0.5, 0.6) is 5.75 Å². The van der Waals surface area contributed by atoms with Crippen LogP contribution in [0, 0.1) is 0 Å². The summed E-state index contributed by atoms with van der Waals surface area (Å²) in [4.78, 5) is 19.1. The Morgan fingerprint density at radius 1 is 1.03 bits per heavy atom. The zero-order valence-corrected chi connectivity index (χ0v) is 18.9. The third-order valence-electron chi connectivity index (χ3n) is 5.09. The fourth-order valence-electron chi connectivity index (χ4n) is 3.57. The molecule has 3 heterocycles. The lowest BCUT2D eigenvalue weighted by Crippen LogP contribution is -2.36. The number of methoxy groups -OCH3 is 1. The van der Waals surface area contributed by atoms with Gasteiger partial charge in [0.15, 0.2) is 4.80 Å². The maximum Gasteiger partial charge on any atom is 0.272 e. The van der Waals surface area contributed by atoms with Gasteiger partial charge in [-0.15, -0.1) is 23.5 Å². The van der Waals surface area contributed by atoms with Crippen molar-refractivity contribution in [3.8, 4) is 5.75 Å². The minimum Gasteiger partial charge on any atom is -0.497 e. The van der Waals surface area contributed by atoms with Gasteiger partial charge in [0.05, 0.1) is 23.1 Å². The lowest BCUT2D eigenvalue weighted by atomic mass is 10.0. The normalized spacial score (nSPS) is 18.4. The number of benzene rings is 2. The van der Waals surface area contributed by atoms with Gasteiger partial charge in [-0.3, -0.25) is 9.36 Å². The Balaban J connectivity index is 1.72. The molecule has 0 spiro atoms. The molecule has 3 aromatic rings. The van der Waals surface area contributed by atoms with E-state index in [2.05, 4.69) is 18.2 Å². The molecule has 0 amide bonds. The zero-order chi connectivity index (χ0) is 20.5. The van der Waals surface area contributed by atoms with Crippen molar-refractivity contribution in [1.29, 1.82) is 0 Å². The number of thioether (sulfide) groups is 2. The predicted molar refractivity (Wildman–Crippen MR) is 128 cm³/mol. The van der Waals surface area contributed by atoms with Crippen molar-refractivity contribution in [2.45, 2.75) is 12.5 Å². The van der Waals surface area contributed by atoms with Gasteiger partial charge < -0.3 is 4.74 Å². The second-order valence-corrected chi connectivity index (χ2v) is 10.4. The molecule has 30 heavy (non-hydrogen) atoms. The summed E-state index contributed by atoms with van der Waals surface area (Å²) >= 11 is 5.10. The summed E-state index contributed by atoms with van der Waals surface area (Å²) < 4.78 is 9.12. The quantitative estimate of drug-likeness (QED) is 0.600. The molecule has 1 saturated heterocycles. The molecule has 2 aliphatic rings. The van der Waals surface area contributed by atoms with E-state index in [0.717, 1.165) is 47.7 Å². The van der Waals surface area contributed by atoms with Gasteiger partial charge in [-0.2, -0.15) is 0 Å². The van der Waals surface area contributed by atoms with Crippen molar-refractivity contribution in [2.75, 3.05) is 18.6 Å². The summed E-state index contributed by atoms with van der Waals surface area (Å²) in [5.41, 5.74) is 3.05. The van der Waals surface area contributed by atoms with E-state index in [-0.39, 0.29) is 11.6 Å². The second kappa shape index (κ2) is 8.49. The van der Waals surface area contributed by atoms with Crippen LogP contribution < -0.4 is 19.6 Å². The van der Waals surface area contributed by atoms with E-state index in [4.69, 9.17) is 9.73 Å². The Morgan fingerprint density at radius 3 is 2.47 bits per heavy atom. The summed E-state index contributed by atoms with van der Waals surface area (Å²) in [7, 11) is 1.66. The van der Waals surface area contributed by atoms with Crippen molar-refractivity contribution in [3.05, 3.63) is 91.5 Å². The molecule has 5 rings (SSSR count). The van der Waals surface area contributed by atoms with Crippen LogP contribution >= 0.6 is 34.9 Å². The molecule has 0 radical (unpaired) electrons. The Hall–Kier alpha value is -2.22. The summed E-state index contributed by atoms with van der Waals surface area (Å²) in [5.74, 6) is 2.94. The van der Waals surface area contributed by atoms with Crippen LogP contribution in [-0.4, -0.2) is 23.2 Å². The van der Waals surface area contributed by atoms with Gasteiger partial charge in [0, 0.05) is 0 Å². The van der Waals surface area contributed by atoms with E-state index in [1.54, 1.807) is 30.6 Å². The number of rotatable bonds is 3. The molecule has 0 saturated carbocycles. The fraction of sp³-hybridized carbons (Fsp3) is 0.217. The summed E-state index contributed by atoms with van der Waals surface area (Å²) in [6.07, 6.45) is 3.28. The fourth-order valence-corrected chi connectivity index (χ4v) is 7.47. The minimum atomic E-state index is -0.199. The molecule has 1 aromatic heterocycles. The Labute approximate surface area is 187 Å².